The second-order valence-corrected chi connectivity index (χ2v) is 5.08. The molecule has 0 bridgehead atoms. The lowest BCUT2D eigenvalue weighted by molar-refractivity contribution is -0.122. The number of nitrogens with one attached hydrogen (secondary N) is 1. The van der Waals surface area contributed by atoms with Crippen LogP contribution in [0.4, 0.5) is 10.1 Å². The largest absolute Gasteiger partial charge is 0.298 e. The average Bonchev–Trinajstić information content (AvgIpc) is 2.54. The molecule has 114 valence electrons. The molecule has 1 N–H and O–H groups in total. The summed E-state index contributed by atoms with van der Waals surface area (Å²) in [5.74, 6) is -1.93. The third-order valence-corrected chi connectivity index (χ3v) is 3.48. The van der Waals surface area contributed by atoms with Crippen molar-refractivity contribution in [1.29, 1.82) is 0 Å². The number of pyridine rings is 1. The van der Waals surface area contributed by atoms with E-state index in [1.54, 1.807) is 24.4 Å². The highest BCUT2D eigenvalue weighted by Crippen LogP contribution is 2.24. The molecule has 1 aromatic carbocycles. The van der Waals surface area contributed by atoms with E-state index in [0.717, 1.165) is 4.90 Å². The number of para-hydroxylation sites is 1. The number of nitrogens with zero attached hydrogens (tertiary/aromatic N) is 2. The minimum absolute atomic E-state index is 0.0143. The zero-order valence-electron chi connectivity index (χ0n) is 11.7. The highest BCUT2D eigenvalue weighted by molar-refractivity contribution is 7.80. The summed E-state index contributed by atoms with van der Waals surface area (Å²) in [6.45, 7) is 0. The topological polar surface area (TPSA) is 62.3 Å². The van der Waals surface area contributed by atoms with Crippen LogP contribution in [0.25, 0.3) is 6.08 Å². The molecule has 0 spiro atoms. The molecule has 0 saturated carbocycles. The van der Waals surface area contributed by atoms with Crippen LogP contribution in [0, 0.1) is 5.82 Å². The molecule has 1 aromatic heterocycles. The van der Waals surface area contributed by atoms with Gasteiger partial charge in [-0.25, -0.2) is 9.29 Å². The smallest absolute Gasteiger partial charge is 0.270 e. The number of carbonyl (C=O) groups excluding carboxylic acids is 2. The van der Waals surface area contributed by atoms with Crippen molar-refractivity contribution in [2.75, 3.05) is 4.90 Å². The normalized spacial score (nSPS) is 16.7. The Morgan fingerprint density at radius 2 is 1.96 bits per heavy atom. The number of benzene rings is 1. The fraction of sp³-hybridized carbons (Fsp3) is 0. The number of rotatable bonds is 2. The van der Waals surface area contributed by atoms with Crippen molar-refractivity contribution in [3.8, 4) is 0 Å². The Balaban J connectivity index is 2.05. The molecule has 23 heavy (non-hydrogen) atoms. The van der Waals surface area contributed by atoms with Gasteiger partial charge in [0.15, 0.2) is 5.11 Å². The van der Waals surface area contributed by atoms with Gasteiger partial charge >= 0.3 is 0 Å². The van der Waals surface area contributed by atoms with Gasteiger partial charge < -0.3 is 0 Å². The van der Waals surface area contributed by atoms with E-state index in [1.165, 1.54) is 30.5 Å². The van der Waals surface area contributed by atoms with Gasteiger partial charge in [0, 0.05) is 12.4 Å². The van der Waals surface area contributed by atoms with Crippen molar-refractivity contribution < 1.29 is 14.0 Å². The van der Waals surface area contributed by atoms with Crippen molar-refractivity contribution >= 4 is 40.9 Å². The summed E-state index contributed by atoms with van der Waals surface area (Å²) in [7, 11) is 0. The lowest BCUT2D eigenvalue weighted by Crippen LogP contribution is -2.54. The predicted molar refractivity (Wildman–Crippen MR) is 86.8 cm³/mol. The number of thiocarbonyl (C=S) groups is 1. The van der Waals surface area contributed by atoms with E-state index < -0.39 is 17.6 Å². The fourth-order valence-corrected chi connectivity index (χ4v) is 2.41. The van der Waals surface area contributed by atoms with Crippen LogP contribution >= 0.6 is 12.2 Å². The number of amides is 2. The molecule has 1 saturated heterocycles. The number of carbonyl (C=O) groups is 2. The molecule has 0 radical (unpaired) electrons. The maximum atomic E-state index is 14.0. The van der Waals surface area contributed by atoms with Gasteiger partial charge in [-0.05, 0) is 42.1 Å². The second-order valence-electron chi connectivity index (χ2n) is 4.70. The Morgan fingerprint density at radius 1 is 1.17 bits per heavy atom. The van der Waals surface area contributed by atoms with Crippen LogP contribution in [0.1, 0.15) is 5.56 Å². The zero-order valence-corrected chi connectivity index (χ0v) is 12.5. The van der Waals surface area contributed by atoms with Gasteiger partial charge in [0.25, 0.3) is 11.8 Å². The number of aromatic nitrogens is 1. The summed E-state index contributed by atoms with van der Waals surface area (Å²) in [5.41, 5.74) is 0.418. The molecule has 0 unspecified atom stereocenters. The predicted octanol–water partition coefficient (Wildman–Crippen LogP) is 2.05. The van der Waals surface area contributed by atoms with Gasteiger partial charge in [-0.2, -0.15) is 0 Å². The highest BCUT2D eigenvalue weighted by atomic mass is 32.1. The molecule has 7 heteroatoms. The molecule has 0 aliphatic carbocycles. The van der Waals surface area contributed by atoms with Gasteiger partial charge in [0.05, 0.1) is 5.69 Å². The molecule has 0 atom stereocenters. The summed E-state index contributed by atoms with van der Waals surface area (Å²) >= 11 is 5.01. The summed E-state index contributed by atoms with van der Waals surface area (Å²) in [6.07, 6.45) is 4.47. The first-order valence-corrected chi connectivity index (χ1v) is 7.05. The highest BCUT2D eigenvalue weighted by Gasteiger charge is 2.35. The van der Waals surface area contributed by atoms with Gasteiger partial charge in [-0.3, -0.25) is 19.9 Å². The summed E-state index contributed by atoms with van der Waals surface area (Å²) in [6, 6.07) is 9.08. The molecule has 2 amide bonds. The minimum Gasteiger partial charge on any atom is -0.298 e. The number of hydrogen-bond donors (Lipinski definition) is 1. The Kier molecular flexibility index (Phi) is 3.94. The van der Waals surface area contributed by atoms with Gasteiger partial charge in [-0.1, -0.05) is 18.2 Å². The first-order chi connectivity index (χ1) is 11.1. The Labute approximate surface area is 136 Å². The second kappa shape index (κ2) is 6.05. The summed E-state index contributed by atoms with van der Waals surface area (Å²) in [5, 5.41) is 2.24. The average molecular weight is 327 g/mol. The van der Waals surface area contributed by atoms with Crippen molar-refractivity contribution in [3.05, 3.63) is 65.7 Å². The van der Waals surface area contributed by atoms with Crippen molar-refractivity contribution in [3.63, 3.8) is 0 Å². The molecule has 1 aliphatic heterocycles. The Bertz CT molecular complexity index is 836. The van der Waals surface area contributed by atoms with Crippen LogP contribution in [0.15, 0.2) is 54.4 Å². The quantitative estimate of drug-likeness (QED) is 0.521. The Morgan fingerprint density at radius 3 is 2.65 bits per heavy atom. The lowest BCUT2D eigenvalue weighted by Gasteiger charge is -2.29. The number of hydrogen-bond acceptors (Lipinski definition) is 4. The van der Waals surface area contributed by atoms with Gasteiger partial charge in [0.1, 0.15) is 11.4 Å². The SMILES string of the molecule is O=C1NC(=S)N(c2ccccc2F)C(=O)/C1=C/c1cccnc1. The molecule has 5 nitrogen and oxygen atoms in total. The number of anilines is 1. The Hall–Kier alpha value is -2.93. The molecule has 3 rings (SSSR count). The van der Waals surface area contributed by atoms with E-state index in [-0.39, 0.29) is 16.4 Å². The van der Waals surface area contributed by atoms with Crippen LogP contribution in [0.5, 0.6) is 0 Å². The standard InChI is InChI=1S/C16H10FN3O2S/c17-12-5-1-2-6-13(12)20-15(22)11(14(21)19-16(20)23)8-10-4-3-7-18-9-10/h1-9H,(H,19,21,23)/b11-8+. The van der Waals surface area contributed by atoms with Crippen LogP contribution < -0.4 is 10.2 Å². The van der Waals surface area contributed by atoms with Gasteiger partial charge in [-0.15, -0.1) is 0 Å². The van der Waals surface area contributed by atoms with Crippen molar-refractivity contribution in [2.45, 2.75) is 0 Å². The molecule has 2 heterocycles. The van der Waals surface area contributed by atoms with Crippen LogP contribution in [-0.4, -0.2) is 21.9 Å². The van der Waals surface area contributed by atoms with Crippen LogP contribution in [0.2, 0.25) is 0 Å². The maximum absolute atomic E-state index is 14.0. The molecule has 2 aromatic rings. The van der Waals surface area contributed by atoms with E-state index in [9.17, 15) is 14.0 Å². The minimum atomic E-state index is -0.687. The third-order valence-electron chi connectivity index (χ3n) is 3.19. The monoisotopic (exact) mass is 327 g/mol. The van der Waals surface area contributed by atoms with Crippen LogP contribution in [-0.2, 0) is 9.59 Å². The van der Waals surface area contributed by atoms with Crippen LogP contribution in [0.3, 0.4) is 0 Å². The summed E-state index contributed by atoms with van der Waals surface area (Å²) < 4.78 is 14.0. The van der Waals surface area contributed by atoms with E-state index in [1.807, 2.05) is 0 Å². The van der Waals surface area contributed by atoms with E-state index >= 15 is 0 Å². The van der Waals surface area contributed by atoms with Gasteiger partial charge in [0.2, 0.25) is 0 Å². The van der Waals surface area contributed by atoms with Crippen molar-refractivity contribution in [2.24, 2.45) is 0 Å². The fourth-order valence-electron chi connectivity index (χ4n) is 2.14. The number of halogens is 1. The first kappa shape index (κ1) is 15.0. The van der Waals surface area contributed by atoms with Crippen molar-refractivity contribution in [1.82, 2.24) is 10.3 Å². The maximum Gasteiger partial charge on any atom is 0.270 e. The first-order valence-electron chi connectivity index (χ1n) is 6.64. The van der Waals surface area contributed by atoms with E-state index in [4.69, 9.17) is 12.2 Å². The molecule has 1 fully saturated rings. The molecular formula is C16H10FN3O2S. The molecular weight excluding hydrogens is 317 g/mol. The van der Waals surface area contributed by atoms with E-state index in [2.05, 4.69) is 10.3 Å². The molecule has 1 aliphatic rings. The summed E-state index contributed by atoms with van der Waals surface area (Å²) in [4.78, 5) is 29.6. The third kappa shape index (κ3) is 2.86. The lowest BCUT2D eigenvalue weighted by atomic mass is 10.1. The zero-order chi connectivity index (χ0) is 16.4. The van der Waals surface area contributed by atoms with E-state index in [0.29, 0.717) is 5.56 Å².